The predicted molar refractivity (Wildman–Crippen MR) is 77.0 cm³/mol. The molecule has 0 unspecified atom stereocenters. The molecule has 0 saturated heterocycles. The lowest BCUT2D eigenvalue weighted by atomic mass is 10.2. The van der Waals surface area contributed by atoms with Gasteiger partial charge in [-0.05, 0) is 24.3 Å². The van der Waals surface area contributed by atoms with Crippen LogP contribution in [0.1, 0.15) is 5.56 Å². The van der Waals surface area contributed by atoms with E-state index < -0.39 is 6.09 Å². The van der Waals surface area contributed by atoms with E-state index in [0.717, 1.165) is 0 Å². The molecule has 1 amide bonds. The molecule has 0 atom stereocenters. The topological polar surface area (TPSA) is 49.8 Å². The van der Waals surface area contributed by atoms with Gasteiger partial charge in [0, 0.05) is 17.6 Å². The number of rotatable bonds is 3. The van der Waals surface area contributed by atoms with Crippen molar-refractivity contribution >= 4 is 17.7 Å². The lowest BCUT2D eigenvalue weighted by Gasteiger charge is -2.17. The zero-order chi connectivity index (χ0) is 14.5. The molecule has 0 aliphatic rings. The number of nitrogens with zero attached hydrogens (tertiary/aromatic N) is 1. The maximum atomic E-state index is 11.9. The average Bonchev–Trinajstić information content (AvgIpc) is 2.43. The van der Waals surface area contributed by atoms with E-state index in [-0.39, 0.29) is 12.3 Å². The van der Waals surface area contributed by atoms with E-state index in [4.69, 9.17) is 16.3 Å². The molecule has 20 heavy (non-hydrogen) atoms. The molecule has 2 aromatic carbocycles. The fraction of sp³-hybridized carbons (Fsp3) is 0.133. The number of hydrogen-bond acceptors (Lipinski definition) is 3. The Morgan fingerprint density at radius 3 is 2.60 bits per heavy atom. The zero-order valence-electron chi connectivity index (χ0n) is 10.9. The van der Waals surface area contributed by atoms with Crippen LogP contribution < -0.4 is 4.74 Å². The van der Waals surface area contributed by atoms with Crippen molar-refractivity contribution < 1.29 is 14.6 Å². The van der Waals surface area contributed by atoms with E-state index in [2.05, 4.69) is 0 Å². The van der Waals surface area contributed by atoms with Crippen molar-refractivity contribution in [3.63, 3.8) is 0 Å². The highest BCUT2D eigenvalue weighted by Gasteiger charge is 2.13. The molecule has 2 rings (SSSR count). The molecule has 0 heterocycles. The average molecular weight is 292 g/mol. The van der Waals surface area contributed by atoms with Crippen LogP contribution >= 0.6 is 11.6 Å². The summed E-state index contributed by atoms with van der Waals surface area (Å²) < 4.78 is 5.19. The number of para-hydroxylation sites is 1. The minimum atomic E-state index is -0.495. The first-order valence-electron chi connectivity index (χ1n) is 6.01. The van der Waals surface area contributed by atoms with Crippen molar-refractivity contribution in [1.29, 1.82) is 0 Å². The van der Waals surface area contributed by atoms with Gasteiger partial charge in [0.15, 0.2) is 0 Å². The summed E-state index contributed by atoms with van der Waals surface area (Å²) in [6.07, 6.45) is -0.495. The molecule has 0 bridgehead atoms. The molecule has 5 heteroatoms. The largest absolute Gasteiger partial charge is 0.508 e. The number of phenolic OH excluding ortho intramolecular Hbond substituents is 1. The smallest absolute Gasteiger partial charge is 0.415 e. The van der Waals surface area contributed by atoms with Crippen LogP contribution in [0.5, 0.6) is 11.5 Å². The first kappa shape index (κ1) is 14.2. The van der Waals surface area contributed by atoms with Crippen LogP contribution in [0, 0.1) is 0 Å². The van der Waals surface area contributed by atoms with Gasteiger partial charge in [-0.1, -0.05) is 35.9 Å². The van der Waals surface area contributed by atoms with Crippen LogP contribution in [0.2, 0.25) is 5.02 Å². The van der Waals surface area contributed by atoms with Gasteiger partial charge in [0.25, 0.3) is 0 Å². The Bertz CT molecular complexity index is 601. The van der Waals surface area contributed by atoms with E-state index in [0.29, 0.717) is 16.3 Å². The monoisotopic (exact) mass is 291 g/mol. The minimum absolute atomic E-state index is 0.0526. The molecule has 2 aromatic rings. The number of aromatic hydroxyl groups is 1. The normalized spacial score (nSPS) is 10.1. The molecule has 0 aliphatic heterocycles. The van der Waals surface area contributed by atoms with E-state index in [1.165, 1.54) is 11.0 Å². The minimum Gasteiger partial charge on any atom is -0.508 e. The maximum Gasteiger partial charge on any atom is 0.415 e. The predicted octanol–water partition coefficient (Wildman–Crippen LogP) is 3.68. The Labute approximate surface area is 122 Å². The number of phenols is 1. The summed E-state index contributed by atoms with van der Waals surface area (Å²) in [4.78, 5) is 13.3. The number of benzene rings is 2. The Balaban J connectivity index is 2.00. The van der Waals surface area contributed by atoms with Gasteiger partial charge in [0.2, 0.25) is 0 Å². The number of hydrogen-bond donors (Lipinski definition) is 1. The van der Waals surface area contributed by atoms with Gasteiger partial charge in [0.1, 0.15) is 11.5 Å². The Morgan fingerprint density at radius 2 is 1.95 bits per heavy atom. The third-order valence-corrected chi connectivity index (χ3v) is 2.95. The highest BCUT2D eigenvalue weighted by molar-refractivity contribution is 6.30. The maximum absolute atomic E-state index is 11.9. The summed E-state index contributed by atoms with van der Waals surface area (Å²) in [6, 6.07) is 13.6. The van der Waals surface area contributed by atoms with Crippen molar-refractivity contribution in [2.24, 2.45) is 0 Å². The Morgan fingerprint density at radius 1 is 1.25 bits per heavy atom. The van der Waals surface area contributed by atoms with E-state index in [9.17, 15) is 9.90 Å². The van der Waals surface area contributed by atoms with Crippen LogP contribution in [0.3, 0.4) is 0 Å². The molecule has 0 spiro atoms. The number of ether oxygens (including phenoxy) is 1. The molecule has 4 nitrogen and oxygen atoms in total. The van der Waals surface area contributed by atoms with Crippen LogP contribution in [0.15, 0.2) is 48.5 Å². The van der Waals surface area contributed by atoms with Gasteiger partial charge in [-0.15, -0.1) is 0 Å². The second-order valence-corrected chi connectivity index (χ2v) is 4.75. The van der Waals surface area contributed by atoms with E-state index in [1.54, 1.807) is 43.4 Å². The number of carbonyl (C=O) groups excluding carboxylic acids is 1. The zero-order valence-corrected chi connectivity index (χ0v) is 11.7. The summed E-state index contributed by atoms with van der Waals surface area (Å²) in [6.45, 7) is 0.231. The van der Waals surface area contributed by atoms with Crippen LogP contribution in [0.25, 0.3) is 0 Å². The van der Waals surface area contributed by atoms with Gasteiger partial charge in [-0.2, -0.15) is 0 Å². The first-order chi connectivity index (χ1) is 9.56. The second-order valence-electron chi connectivity index (χ2n) is 4.31. The molecule has 0 fully saturated rings. The number of carbonyl (C=O) groups is 1. The van der Waals surface area contributed by atoms with Crippen LogP contribution in [-0.2, 0) is 6.54 Å². The Kier molecular flexibility index (Phi) is 4.48. The molecular weight excluding hydrogens is 278 g/mol. The quantitative estimate of drug-likeness (QED) is 0.938. The van der Waals surface area contributed by atoms with Crippen molar-refractivity contribution in [2.75, 3.05) is 7.05 Å². The number of halogens is 1. The standard InChI is InChI=1S/C15H14ClNO3/c1-17(10-11-7-8-12(16)9-14(11)18)15(19)20-13-5-3-2-4-6-13/h2-9,18H,10H2,1H3. The fourth-order valence-electron chi connectivity index (χ4n) is 1.66. The molecule has 0 aromatic heterocycles. The van der Waals surface area contributed by atoms with Crippen molar-refractivity contribution in [1.82, 2.24) is 4.90 Å². The fourth-order valence-corrected chi connectivity index (χ4v) is 1.82. The molecule has 1 N–H and O–H groups in total. The SMILES string of the molecule is CN(Cc1ccc(Cl)cc1O)C(=O)Oc1ccccc1. The van der Waals surface area contributed by atoms with Crippen LogP contribution in [0.4, 0.5) is 4.79 Å². The van der Waals surface area contributed by atoms with Gasteiger partial charge in [0.05, 0.1) is 6.54 Å². The van der Waals surface area contributed by atoms with Crippen molar-refractivity contribution in [2.45, 2.75) is 6.54 Å². The summed E-state index contributed by atoms with van der Waals surface area (Å²) in [7, 11) is 1.60. The van der Waals surface area contributed by atoms with Gasteiger partial charge in [-0.3, -0.25) is 0 Å². The van der Waals surface area contributed by atoms with Crippen LogP contribution in [-0.4, -0.2) is 23.1 Å². The summed E-state index contributed by atoms with van der Waals surface area (Å²) in [5, 5.41) is 10.2. The lowest BCUT2D eigenvalue weighted by molar-refractivity contribution is 0.160. The van der Waals surface area contributed by atoms with E-state index >= 15 is 0 Å². The molecular formula is C15H14ClNO3. The summed E-state index contributed by atoms with van der Waals surface area (Å²) in [5.41, 5.74) is 0.599. The Hall–Kier alpha value is -2.20. The van der Waals surface area contributed by atoms with Crippen molar-refractivity contribution in [3.8, 4) is 11.5 Å². The molecule has 0 aliphatic carbocycles. The third-order valence-electron chi connectivity index (χ3n) is 2.71. The molecule has 104 valence electrons. The van der Waals surface area contributed by atoms with Gasteiger partial charge >= 0.3 is 6.09 Å². The first-order valence-corrected chi connectivity index (χ1v) is 6.39. The highest BCUT2D eigenvalue weighted by Crippen LogP contribution is 2.23. The van der Waals surface area contributed by atoms with Crippen molar-refractivity contribution in [3.05, 3.63) is 59.1 Å². The third kappa shape index (κ3) is 3.65. The second kappa shape index (κ2) is 6.30. The molecule has 0 saturated carbocycles. The summed E-state index contributed by atoms with van der Waals surface area (Å²) >= 11 is 5.76. The summed E-state index contributed by atoms with van der Waals surface area (Å²) in [5.74, 6) is 0.529. The van der Waals surface area contributed by atoms with E-state index in [1.807, 2.05) is 6.07 Å². The van der Waals surface area contributed by atoms with Gasteiger partial charge in [-0.25, -0.2) is 4.79 Å². The number of amides is 1. The van der Waals surface area contributed by atoms with Gasteiger partial charge < -0.3 is 14.7 Å². The molecule has 0 radical (unpaired) electrons. The lowest BCUT2D eigenvalue weighted by Crippen LogP contribution is -2.29. The highest BCUT2D eigenvalue weighted by atomic mass is 35.5.